The summed E-state index contributed by atoms with van der Waals surface area (Å²) in [4.78, 5) is 13.7. The summed E-state index contributed by atoms with van der Waals surface area (Å²) < 4.78 is 9.99. The van der Waals surface area contributed by atoms with Gasteiger partial charge in [0, 0.05) is 46.4 Å². The van der Waals surface area contributed by atoms with Crippen LogP contribution in [0.25, 0.3) is 0 Å². The lowest BCUT2D eigenvalue weighted by atomic mass is 10.2. The number of methoxy groups -OCH3 is 2. The summed E-state index contributed by atoms with van der Waals surface area (Å²) in [5, 5.41) is 0. The van der Waals surface area contributed by atoms with Gasteiger partial charge in [-0.15, -0.1) is 12.4 Å². The van der Waals surface area contributed by atoms with E-state index in [1.807, 2.05) is 11.8 Å². The number of rotatable bonds is 10. The predicted octanol–water partition coefficient (Wildman–Crippen LogP) is 1.05. The number of ether oxygens (including phenoxy) is 2. The lowest BCUT2D eigenvalue weighted by Gasteiger charge is -2.22. The number of carbonyl (C=O) groups is 1. The van der Waals surface area contributed by atoms with Gasteiger partial charge in [-0.3, -0.25) is 4.79 Å². The summed E-state index contributed by atoms with van der Waals surface area (Å²) in [6, 6.07) is 0.0715. The van der Waals surface area contributed by atoms with Crippen molar-refractivity contribution in [3.8, 4) is 0 Å². The zero-order valence-corrected chi connectivity index (χ0v) is 12.5. The topological polar surface area (TPSA) is 64.8 Å². The van der Waals surface area contributed by atoms with Crippen molar-refractivity contribution in [3.05, 3.63) is 0 Å². The maximum Gasteiger partial charge on any atom is 0.222 e. The normalized spacial score (nSPS) is 11.8. The van der Waals surface area contributed by atoms with E-state index in [1.165, 1.54) is 0 Å². The number of halogens is 1. The summed E-state index contributed by atoms with van der Waals surface area (Å²) in [7, 11) is 3.30. The van der Waals surface area contributed by atoms with Gasteiger partial charge in [-0.05, 0) is 19.8 Å². The van der Waals surface area contributed by atoms with E-state index in [2.05, 4.69) is 0 Å². The van der Waals surface area contributed by atoms with Crippen molar-refractivity contribution in [2.75, 3.05) is 40.5 Å². The Kier molecular flexibility index (Phi) is 14.5. The van der Waals surface area contributed by atoms with E-state index in [-0.39, 0.29) is 24.4 Å². The van der Waals surface area contributed by atoms with E-state index >= 15 is 0 Å². The number of carbonyl (C=O) groups excluding carboxylic acids is 1. The van der Waals surface area contributed by atoms with Crippen LogP contribution < -0.4 is 5.73 Å². The second-order valence-electron chi connectivity index (χ2n) is 4.24. The molecule has 18 heavy (non-hydrogen) atoms. The van der Waals surface area contributed by atoms with Crippen molar-refractivity contribution < 1.29 is 14.3 Å². The zero-order valence-electron chi connectivity index (χ0n) is 11.7. The molecule has 0 aromatic rings. The van der Waals surface area contributed by atoms with E-state index in [0.29, 0.717) is 26.2 Å². The quantitative estimate of drug-likeness (QED) is 0.608. The number of hydrogen-bond donors (Lipinski definition) is 1. The molecule has 2 N–H and O–H groups in total. The van der Waals surface area contributed by atoms with Crippen molar-refractivity contribution in [3.63, 3.8) is 0 Å². The molecule has 0 saturated carbocycles. The van der Waals surface area contributed by atoms with Gasteiger partial charge in [-0.1, -0.05) is 0 Å². The van der Waals surface area contributed by atoms with Crippen molar-refractivity contribution in [2.45, 2.75) is 32.2 Å². The van der Waals surface area contributed by atoms with Gasteiger partial charge < -0.3 is 20.1 Å². The van der Waals surface area contributed by atoms with Crippen LogP contribution in [0.15, 0.2) is 0 Å². The lowest BCUT2D eigenvalue weighted by Crippen LogP contribution is -2.35. The third-order valence-corrected chi connectivity index (χ3v) is 2.51. The minimum Gasteiger partial charge on any atom is -0.385 e. The van der Waals surface area contributed by atoms with Crippen LogP contribution in [0.1, 0.15) is 26.2 Å². The average Bonchev–Trinajstić information content (AvgIpc) is 2.30. The molecule has 1 amide bonds. The fourth-order valence-corrected chi connectivity index (χ4v) is 1.47. The Balaban J connectivity index is 0. The monoisotopic (exact) mass is 282 g/mol. The van der Waals surface area contributed by atoms with Crippen LogP contribution in [0.5, 0.6) is 0 Å². The zero-order chi connectivity index (χ0) is 13.1. The van der Waals surface area contributed by atoms with Crippen molar-refractivity contribution in [1.29, 1.82) is 0 Å². The fourth-order valence-electron chi connectivity index (χ4n) is 1.47. The molecule has 5 nitrogen and oxygen atoms in total. The van der Waals surface area contributed by atoms with Gasteiger partial charge in [0.1, 0.15) is 0 Å². The summed E-state index contributed by atoms with van der Waals surface area (Å²) in [6.07, 6.45) is 2.09. The van der Waals surface area contributed by atoms with Gasteiger partial charge in [0.25, 0.3) is 0 Å². The van der Waals surface area contributed by atoms with Crippen molar-refractivity contribution in [2.24, 2.45) is 5.73 Å². The Labute approximate surface area is 116 Å². The number of amides is 1. The molecule has 0 aliphatic carbocycles. The standard InChI is InChI=1S/C12H26N2O3.ClH/c1-11(13)5-6-12(15)14(8-10-17-3)7-4-9-16-2;/h11H,4-10,13H2,1-3H3;1H. The average molecular weight is 283 g/mol. The molecule has 0 bridgehead atoms. The fraction of sp³-hybridized carbons (Fsp3) is 0.917. The molecule has 1 atom stereocenters. The highest BCUT2D eigenvalue weighted by Gasteiger charge is 2.13. The molecule has 0 spiro atoms. The van der Waals surface area contributed by atoms with E-state index < -0.39 is 0 Å². The highest BCUT2D eigenvalue weighted by atomic mass is 35.5. The first-order valence-electron chi connectivity index (χ1n) is 6.13. The summed E-state index contributed by atoms with van der Waals surface area (Å²) in [5.41, 5.74) is 5.65. The van der Waals surface area contributed by atoms with Crippen LogP contribution in [0, 0.1) is 0 Å². The Morgan fingerprint density at radius 3 is 2.33 bits per heavy atom. The molecule has 0 aliphatic rings. The van der Waals surface area contributed by atoms with Gasteiger partial charge >= 0.3 is 0 Å². The molecular formula is C12H27ClN2O3. The van der Waals surface area contributed by atoms with Crippen LogP contribution in [0.4, 0.5) is 0 Å². The molecule has 0 saturated heterocycles. The van der Waals surface area contributed by atoms with Crippen LogP contribution in [0.3, 0.4) is 0 Å². The Morgan fingerprint density at radius 2 is 1.83 bits per heavy atom. The smallest absolute Gasteiger partial charge is 0.222 e. The molecule has 110 valence electrons. The third kappa shape index (κ3) is 10.8. The molecule has 6 heteroatoms. The minimum absolute atomic E-state index is 0. The van der Waals surface area contributed by atoms with Crippen LogP contribution in [-0.2, 0) is 14.3 Å². The van der Waals surface area contributed by atoms with Crippen LogP contribution >= 0.6 is 12.4 Å². The van der Waals surface area contributed by atoms with E-state index in [0.717, 1.165) is 19.4 Å². The van der Waals surface area contributed by atoms with Gasteiger partial charge in [-0.25, -0.2) is 0 Å². The Hall–Kier alpha value is -0.360. The second kappa shape index (κ2) is 13.1. The first-order chi connectivity index (χ1) is 8.11. The summed E-state index contributed by atoms with van der Waals surface area (Å²) >= 11 is 0. The van der Waals surface area contributed by atoms with Crippen LogP contribution in [-0.4, -0.2) is 57.4 Å². The van der Waals surface area contributed by atoms with Gasteiger partial charge in [0.05, 0.1) is 6.61 Å². The summed E-state index contributed by atoms with van der Waals surface area (Å²) in [5.74, 6) is 0.149. The largest absolute Gasteiger partial charge is 0.385 e. The van der Waals surface area contributed by atoms with Crippen molar-refractivity contribution in [1.82, 2.24) is 4.90 Å². The van der Waals surface area contributed by atoms with Crippen LogP contribution in [0.2, 0.25) is 0 Å². The number of hydrogen-bond acceptors (Lipinski definition) is 4. The molecular weight excluding hydrogens is 256 g/mol. The molecule has 0 aromatic heterocycles. The first kappa shape index (κ1) is 20.0. The molecule has 0 fully saturated rings. The molecule has 1 unspecified atom stereocenters. The lowest BCUT2D eigenvalue weighted by molar-refractivity contribution is -0.132. The first-order valence-corrected chi connectivity index (χ1v) is 6.13. The molecule has 0 aromatic carbocycles. The molecule has 0 heterocycles. The van der Waals surface area contributed by atoms with Gasteiger partial charge in [-0.2, -0.15) is 0 Å². The summed E-state index contributed by atoms with van der Waals surface area (Å²) in [6.45, 7) is 4.51. The molecule has 0 rings (SSSR count). The van der Waals surface area contributed by atoms with Gasteiger partial charge in [0.2, 0.25) is 5.91 Å². The van der Waals surface area contributed by atoms with E-state index in [9.17, 15) is 4.79 Å². The third-order valence-electron chi connectivity index (χ3n) is 2.51. The molecule has 0 radical (unpaired) electrons. The van der Waals surface area contributed by atoms with E-state index in [1.54, 1.807) is 14.2 Å². The molecule has 0 aliphatic heterocycles. The maximum absolute atomic E-state index is 11.9. The second-order valence-corrected chi connectivity index (χ2v) is 4.24. The SMILES string of the molecule is COCCCN(CCOC)C(=O)CCC(C)N.Cl. The minimum atomic E-state index is 0. The highest BCUT2D eigenvalue weighted by Crippen LogP contribution is 2.02. The Morgan fingerprint density at radius 1 is 1.22 bits per heavy atom. The predicted molar refractivity (Wildman–Crippen MR) is 75.1 cm³/mol. The Bertz CT molecular complexity index is 204. The highest BCUT2D eigenvalue weighted by molar-refractivity contribution is 5.85. The number of nitrogens with two attached hydrogens (primary N) is 1. The van der Waals surface area contributed by atoms with Gasteiger partial charge in [0.15, 0.2) is 0 Å². The maximum atomic E-state index is 11.9. The van der Waals surface area contributed by atoms with E-state index in [4.69, 9.17) is 15.2 Å². The number of nitrogens with zero attached hydrogens (tertiary/aromatic N) is 1. The van der Waals surface area contributed by atoms with Crippen molar-refractivity contribution >= 4 is 18.3 Å².